The molecule has 3 heterocycles. The fourth-order valence-corrected chi connectivity index (χ4v) is 3.80. The van der Waals surface area contributed by atoms with Gasteiger partial charge in [0, 0.05) is 25.3 Å². The minimum absolute atomic E-state index is 0.0163. The zero-order valence-corrected chi connectivity index (χ0v) is 16.4. The Kier molecular flexibility index (Phi) is 5.62. The van der Waals surface area contributed by atoms with E-state index >= 15 is 0 Å². The number of halogens is 1. The Labute approximate surface area is 172 Å². The van der Waals surface area contributed by atoms with Crippen LogP contribution in [0.4, 0.5) is 5.82 Å². The van der Waals surface area contributed by atoms with Crippen molar-refractivity contribution < 1.29 is 9.59 Å². The van der Waals surface area contributed by atoms with Crippen LogP contribution in [0.1, 0.15) is 23.2 Å². The maximum atomic E-state index is 12.3. The molecule has 2 amide bonds. The van der Waals surface area contributed by atoms with Gasteiger partial charge < -0.3 is 20.5 Å². The highest BCUT2D eigenvalue weighted by Gasteiger charge is 2.24. The molecule has 0 spiro atoms. The fraction of sp³-hybridized carbons (Fsp3) is 0.300. The lowest BCUT2D eigenvalue weighted by molar-refractivity contribution is -0.120. The molecule has 1 aliphatic heterocycles. The molecule has 0 bridgehead atoms. The van der Waals surface area contributed by atoms with Gasteiger partial charge in [-0.3, -0.25) is 9.59 Å². The number of anilines is 1. The summed E-state index contributed by atoms with van der Waals surface area (Å²) < 4.78 is 0. The minimum atomic E-state index is -0.369. The Balaban J connectivity index is 1.33. The molecule has 1 atom stereocenters. The van der Waals surface area contributed by atoms with Crippen LogP contribution < -0.4 is 15.5 Å². The van der Waals surface area contributed by atoms with Gasteiger partial charge >= 0.3 is 0 Å². The van der Waals surface area contributed by atoms with Crippen LogP contribution in [-0.4, -0.2) is 52.4 Å². The zero-order chi connectivity index (χ0) is 20.2. The monoisotopic (exact) mass is 412 g/mol. The number of nitrogens with zero attached hydrogens (tertiary/aromatic N) is 3. The first-order valence-corrected chi connectivity index (χ1v) is 9.85. The normalized spacial score (nSPS) is 16.6. The quantitative estimate of drug-likeness (QED) is 0.595. The summed E-state index contributed by atoms with van der Waals surface area (Å²) >= 11 is 6.02. The predicted molar refractivity (Wildman–Crippen MR) is 111 cm³/mol. The van der Waals surface area contributed by atoms with Gasteiger partial charge in [-0.15, -0.1) is 0 Å². The summed E-state index contributed by atoms with van der Waals surface area (Å²) in [5, 5.41) is 6.94. The average Bonchev–Trinajstić information content (AvgIpc) is 3.21. The second kappa shape index (κ2) is 8.48. The number of aromatic nitrogens is 3. The Morgan fingerprint density at radius 3 is 2.97 bits per heavy atom. The van der Waals surface area contributed by atoms with E-state index < -0.39 is 0 Å². The van der Waals surface area contributed by atoms with Gasteiger partial charge in [0.05, 0.1) is 22.5 Å². The van der Waals surface area contributed by atoms with Gasteiger partial charge in [-0.1, -0.05) is 23.7 Å². The lowest BCUT2D eigenvalue weighted by Crippen LogP contribution is -2.50. The van der Waals surface area contributed by atoms with Crippen LogP contribution in [0, 0.1) is 0 Å². The van der Waals surface area contributed by atoms with Crippen molar-refractivity contribution in [2.75, 3.05) is 24.5 Å². The van der Waals surface area contributed by atoms with E-state index in [1.54, 1.807) is 30.6 Å². The molecule has 0 aliphatic carbocycles. The lowest BCUT2D eigenvalue weighted by atomic mass is 10.1. The van der Waals surface area contributed by atoms with Gasteiger partial charge in [0.1, 0.15) is 17.8 Å². The average molecular weight is 413 g/mol. The highest BCUT2D eigenvalue weighted by molar-refractivity contribution is 6.33. The molecule has 0 unspecified atom stereocenters. The van der Waals surface area contributed by atoms with Crippen molar-refractivity contribution in [3.05, 3.63) is 53.4 Å². The third kappa shape index (κ3) is 4.32. The van der Waals surface area contributed by atoms with E-state index in [2.05, 4.69) is 30.5 Å². The lowest BCUT2D eigenvalue weighted by Gasteiger charge is -2.34. The minimum Gasteiger partial charge on any atom is -0.354 e. The van der Waals surface area contributed by atoms with E-state index in [1.165, 1.54) is 0 Å². The molecule has 1 aromatic carbocycles. The Morgan fingerprint density at radius 2 is 2.10 bits per heavy atom. The van der Waals surface area contributed by atoms with E-state index in [4.69, 9.17) is 11.6 Å². The van der Waals surface area contributed by atoms with E-state index in [9.17, 15) is 9.59 Å². The first-order chi connectivity index (χ1) is 14.1. The number of rotatable bonds is 5. The van der Waals surface area contributed by atoms with Gasteiger partial charge in [0.15, 0.2) is 0 Å². The Bertz CT molecular complexity index is 1040. The van der Waals surface area contributed by atoms with Crippen molar-refractivity contribution >= 4 is 40.3 Å². The van der Waals surface area contributed by atoms with Crippen molar-refractivity contribution in [1.29, 1.82) is 0 Å². The third-order valence-corrected chi connectivity index (χ3v) is 5.28. The summed E-state index contributed by atoms with van der Waals surface area (Å²) in [4.78, 5) is 38.4. The predicted octanol–water partition coefficient (Wildman–Crippen LogP) is 2.13. The molecular weight excluding hydrogens is 392 g/mol. The first kappa shape index (κ1) is 19.2. The SMILES string of the molecule is O=C(CNC(=O)c1ccccc1Cl)N[C@@H]1CCCN(c2ncnc3[nH]ccc23)C1. The maximum Gasteiger partial charge on any atom is 0.253 e. The summed E-state index contributed by atoms with van der Waals surface area (Å²) in [7, 11) is 0. The number of H-pyrrole nitrogens is 1. The smallest absolute Gasteiger partial charge is 0.253 e. The molecule has 4 rings (SSSR count). The molecule has 1 saturated heterocycles. The Hall–Kier alpha value is -3.13. The van der Waals surface area contributed by atoms with Crippen LogP contribution >= 0.6 is 11.6 Å². The number of piperidine rings is 1. The van der Waals surface area contributed by atoms with Crippen molar-refractivity contribution in [3.8, 4) is 0 Å². The molecule has 3 aromatic rings. The Morgan fingerprint density at radius 1 is 1.24 bits per heavy atom. The molecule has 8 nitrogen and oxygen atoms in total. The van der Waals surface area contributed by atoms with Gasteiger partial charge in [0.25, 0.3) is 5.91 Å². The number of benzene rings is 1. The number of hydrogen-bond donors (Lipinski definition) is 3. The molecule has 29 heavy (non-hydrogen) atoms. The van der Waals surface area contributed by atoms with Crippen LogP contribution in [0.25, 0.3) is 11.0 Å². The number of fused-ring (bicyclic) bond motifs is 1. The summed E-state index contributed by atoms with van der Waals surface area (Å²) in [6.45, 7) is 1.42. The topological polar surface area (TPSA) is 103 Å². The van der Waals surface area contributed by atoms with Crippen LogP contribution in [0.3, 0.4) is 0 Å². The third-order valence-electron chi connectivity index (χ3n) is 4.95. The number of carbonyl (C=O) groups is 2. The molecule has 3 N–H and O–H groups in total. The number of hydrogen-bond acceptors (Lipinski definition) is 5. The van der Waals surface area contributed by atoms with Gasteiger partial charge in [-0.25, -0.2) is 9.97 Å². The van der Waals surface area contributed by atoms with Gasteiger partial charge in [-0.05, 0) is 31.0 Å². The molecular formula is C20H21ClN6O2. The van der Waals surface area contributed by atoms with Crippen LogP contribution in [0.2, 0.25) is 5.02 Å². The van der Waals surface area contributed by atoms with Crippen LogP contribution in [0.5, 0.6) is 0 Å². The van der Waals surface area contributed by atoms with Crippen molar-refractivity contribution in [2.24, 2.45) is 0 Å². The molecule has 2 aromatic heterocycles. The second-order valence-electron chi connectivity index (χ2n) is 6.95. The van der Waals surface area contributed by atoms with Gasteiger partial charge in [0.2, 0.25) is 5.91 Å². The molecule has 1 aliphatic rings. The molecule has 9 heteroatoms. The highest BCUT2D eigenvalue weighted by atomic mass is 35.5. The van der Waals surface area contributed by atoms with Crippen molar-refractivity contribution in [3.63, 3.8) is 0 Å². The number of carbonyl (C=O) groups excluding carboxylic acids is 2. The van der Waals surface area contributed by atoms with Crippen LogP contribution in [0.15, 0.2) is 42.9 Å². The van der Waals surface area contributed by atoms with E-state index in [0.717, 1.165) is 36.2 Å². The number of amides is 2. The first-order valence-electron chi connectivity index (χ1n) is 9.47. The number of nitrogens with one attached hydrogen (secondary N) is 3. The molecule has 0 saturated carbocycles. The van der Waals surface area contributed by atoms with E-state index in [0.29, 0.717) is 17.1 Å². The molecule has 1 fully saturated rings. The van der Waals surface area contributed by atoms with E-state index in [1.807, 2.05) is 12.3 Å². The maximum absolute atomic E-state index is 12.3. The van der Waals surface area contributed by atoms with Gasteiger partial charge in [-0.2, -0.15) is 0 Å². The molecule has 0 radical (unpaired) electrons. The summed E-state index contributed by atoms with van der Waals surface area (Å²) in [5.41, 5.74) is 1.15. The van der Waals surface area contributed by atoms with Crippen LogP contribution in [-0.2, 0) is 4.79 Å². The summed E-state index contributed by atoms with van der Waals surface area (Å²) in [6, 6.07) is 8.68. The highest BCUT2D eigenvalue weighted by Crippen LogP contribution is 2.25. The van der Waals surface area contributed by atoms with Crippen molar-refractivity contribution in [1.82, 2.24) is 25.6 Å². The van der Waals surface area contributed by atoms with Crippen molar-refractivity contribution in [2.45, 2.75) is 18.9 Å². The zero-order valence-electron chi connectivity index (χ0n) is 15.7. The van der Waals surface area contributed by atoms with E-state index in [-0.39, 0.29) is 24.4 Å². The number of aromatic amines is 1. The summed E-state index contributed by atoms with van der Waals surface area (Å²) in [6.07, 6.45) is 5.20. The second-order valence-corrected chi connectivity index (χ2v) is 7.36. The summed E-state index contributed by atoms with van der Waals surface area (Å²) in [5.74, 6) is 0.265. The fourth-order valence-electron chi connectivity index (χ4n) is 3.58. The standard InChI is InChI=1S/C20H21ClN6O2/c21-16-6-2-1-5-14(16)20(29)23-10-17(28)26-13-4-3-9-27(11-13)19-15-7-8-22-18(15)24-12-25-19/h1-2,5-8,12-13H,3-4,9-11H2,(H,23,29)(H,26,28)(H,22,24,25)/t13-/m1/s1. The largest absolute Gasteiger partial charge is 0.354 e. The molecule has 150 valence electrons.